The summed E-state index contributed by atoms with van der Waals surface area (Å²) in [7, 11) is 4.67. The van der Waals surface area contributed by atoms with Crippen LogP contribution in [0.3, 0.4) is 0 Å². The highest BCUT2D eigenvalue weighted by Gasteiger charge is 2.18. The van der Waals surface area contributed by atoms with Crippen LogP contribution in [0.5, 0.6) is 17.2 Å². The average molecular weight is 285 g/mol. The number of nitrogens with one attached hydrogen (secondary N) is 1. The number of methoxy groups -OCH3 is 3. The first-order valence-corrected chi connectivity index (χ1v) is 6.38. The Kier molecular flexibility index (Phi) is 6.57. The molecule has 1 rings (SSSR count). The van der Waals surface area contributed by atoms with Crippen LogP contribution < -0.4 is 19.5 Å². The molecule has 0 saturated carbocycles. The fraction of sp³-hybridized carbons (Fsp3) is 0.571. The van der Waals surface area contributed by atoms with Gasteiger partial charge in [0.15, 0.2) is 11.5 Å². The number of aliphatic hydroxyl groups excluding tert-OH is 2. The van der Waals surface area contributed by atoms with Gasteiger partial charge in [0.05, 0.1) is 40.6 Å². The summed E-state index contributed by atoms with van der Waals surface area (Å²) in [5.74, 6) is 1.67. The molecule has 1 unspecified atom stereocenters. The van der Waals surface area contributed by atoms with E-state index in [4.69, 9.17) is 24.4 Å². The van der Waals surface area contributed by atoms with Gasteiger partial charge in [0, 0.05) is 6.04 Å². The lowest BCUT2D eigenvalue weighted by atomic mass is 10.1. The fourth-order valence-electron chi connectivity index (χ4n) is 1.96. The van der Waals surface area contributed by atoms with Crippen molar-refractivity contribution in [1.82, 2.24) is 5.32 Å². The van der Waals surface area contributed by atoms with E-state index < -0.39 is 0 Å². The van der Waals surface area contributed by atoms with Crippen LogP contribution in [0.1, 0.15) is 18.5 Å². The van der Waals surface area contributed by atoms with Crippen molar-refractivity contribution in [2.24, 2.45) is 0 Å². The minimum Gasteiger partial charge on any atom is -0.493 e. The molecule has 0 heterocycles. The minimum atomic E-state index is -0.371. The number of ether oxygens (including phenoxy) is 3. The van der Waals surface area contributed by atoms with Crippen molar-refractivity contribution in [2.75, 3.05) is 34.5 Å². The average Bonchev–Trinajstić information content (AvgIpc) is 2.50. The molecule has 0 fully saturated rings. The number of benzene rings is 1. The molecule has 0 bridgehead atoms. The Morgan fingerprint density at radius 2 is 1.50 bits per heavy atom. The maximum atomic E-state index is 9.11. The third-order valence-electron chi connectivity index (χ3n) is 3.11. The first kappa shape index (κ1) is 16.6. The Morgan fingerprint density at radius 1 is 1.00 bits per heavy atom. The smallest absolute Gasteiger partial charge is 0.203 e. The molecule has 0 aliphatic carbocycles. The normalized spacial score (nSPS) is 12.3. The molecule has 0 spiro atoms. The minimum absolute atomic E-state index is 0.0898. The number of aliphatic hydroxyl groups is 2. The van der Waals surface area contributed by atoms with Crippen molar-refractivity contribution < 1.29 is 24.4 Å². The van der Waals surface area contributed by atoms with E-state index in [0.717, 1.165) is 5.56 Å². The Hall–Kier alpha value is -1.50. The first-order valence-electron chi connectivity index (χ1n) is 6.38. The SMILES string of the molecule is COc1cc(C(C)NC(CO)CO)cc(OC)c1OC. The van der Waals surface area contributed by atoms with Crippen LogP contribution >= 0.6 is 0 Å². The molecule has 20 heavy (non-hydrogen) atoms. The van der Waals surface area contributed by atoms with Gasteiger partial charge in [-0.15, -0.1) is 0 Å². The lowest BCUT2D eigenvalue weighted by Gasteiger charge is -2.22. The molecule has 114 valence electrons. The van der Waals surface area contributed by atoms with Gasteiger partial charge in [-0.1, -0.05) is 0 Å². The maximum absolute atomic E-state index is 9.11. The monoisotopic (exact) mass is 285 g/mol. The largest absolute Gasteiger partial charge is 0.493 e. The van der Waals surface area contributed by atoms with E-state index in [1.165, 1.54) is 0 Å². The molecule has 1 aromatic carbocycles. The molecular weight excluding hydrogens is 262 g/mol. The molecule has 0 radical (unpaired) electrons. The highest BCUT2D eigenvalue weighted by molar-refractivity contribution is 5.54. The van der Waals surface area contributed by atoms with Gasteiger partial charge < -0.3 is 29.7 Å². The molecule has 6 heteroatoms. The van der Waals surface area contributed by atoms with E-state index >= 15 is 0 Å². The van der Waals surface area contributed by atoms with E-state index in [9.17, 15) is 0 Å². The summed E-state index contributed by atoms with van der Waals surface area (Å²) in [6.45, 7) is 1.66. The van der Waals surface area contributed by atoms with E-state index in [-0.39, 0.29) is 25.3 Å². The third-order valence-corrected chi connectivity index (χ3v) is 3.11. The van der Waals surface area contributed by atoms with Crippen molar-refractivity contribution in [3.8, 4) is 17.2 Å². The van der Waals surface area contributed by atoms with Gasteiger partial charge in [0.2, 0.25) is 5.75 Å². The Labute approximate surface area is 119 Å². The van der Waals surface area contributed by atoms with Gasteiger partial charge >= 0.3 is 0 Å². The molecule has 0 aromatic heterocycles. The first-order chi connectivity index (χ1) is 9.60. The van der Waals surface area contributed by atoms with E-state index in [0.29, 0.717) is 17.2 Å². The quantitative estimate of drug-likeness (QED) is 0.653. The van der Waals surface area contributed by atoms with Crippen LogP contribution in [0.4, 0.5) is 0 Å². The molecule has 0 amide bonds. The molecule has 3 N–H and O–H groups in total. The van der Waals surface area contributed by atoms with Gasteiger partial charge in [-0.05, 0) is 24.6 Å². The number of hydrogen-bond acceptors (Lipinski definition) is 6. The Morgan fingerprint density at radius 3 is 1.85 bits per heavy atom. The van der Waals surface area contributed by atoms with Crippen molar-refractivity contribution >= 4 is 0 Å². The molecule has 0 aliphatic heterocycles. The molecule has 1 atom stereocenters. The highest BCUT2D eigenvalue weighted by Crippen LogP contribution is 2.39. The van der Waals surface area contributed by atoms with Crippen LogP contribution in [0, 0.1) is 0 Å². The maximum Gasteiger partial charge on any atom is 0.203 e. The van der Waals surface area contributed by atoms with Gasteiger partial charge in [0.1, 0.15) is 0 Å². The highest BCUT2D eigenvalue weighted by atomic mass is 16.5. The zero-order valence-electron chi connectivity index (χ0n) is 12.3. The second-order valence-electron chi connectivity index (χ2n) is 4.41. The van der Waals surface area contributed by atoms with E-state index in [1.807, 2.05) is 19.1 Å². The summed E-state index contributed by atoms with van der Waals surface area (Å²) in [5.41, 5.74) is 0.909. The molecule has 1 aromatic rings. The standard InChI is InChI=1S/C14H23NO5/c1-9(15-11(7-16)8-17)10-5-12(18-2)14(20-4)13(6-10)19-3/h5-6,9,11,15-17H,7-8H2,1-4H3. The van der Waals surface area contributed by atoms with Gasteiger partial charge in [-0.25, -0.2) is 0 Å². The van der Waals surface area contributed by atoms with Gasteiger partial charge in [-0.2, -0.15) is 0 Å². The summed E-state index contributed by atoms with van der Waals surface area (Å²) in [5, 5.41) is 21.3. The topological polar surface area (TPSA) is 80.2 Å². The summed E-state index contributed by atoms with van der Waals surface area (Å²) in [6, 6.07) is 3.22. The summed E-state index contributed by atoms with van der Waals surface area (Å²) in [6.07, 6.45) is 0. The molecule has 0 aliphatic rings. The number of rotatable bonds is 8. The van der Waals surface area contributed by atoms with Gasteiger partial charge in [0.25, 0.3) is 0 Å². The van der Waals surface area contributed by atoms with Crippen molar-refractivity contribution in [3.63, 3.8) is 0 Å². The van der Waals surface area contributed by atoms with Crippen LogP contribution in [-0.4, -0.2) is 50.8 Å². The predicted molar refractivity (Wildman–Crippen MR) is 75.6 cm³/mol. The fourth-order valence-corrected chi connectivity index (χ4v) is 1.96. The Balaban J connectivity index is 3.05. The molecule has 0 saturated heterocycles. The van der Waals surface area contributed by atoms with Crippen LogP contribution in [0.2, 0.25) is 0 Å². The zero-order valence-corrected chi connectivity index (χ0v) is 12.3. The predicted octanol–water partition coefficient (Wildman–Crippen LogP) is 0.716. The summed E-state index contributed by atoms with van der Waals surface area (Å²) < 4.78 is 15.9. The zero-order chi connectivity index (χ0) is 15.1. The lowest BCUT2D eigenvalue weighted by Crippen LogP contribution is -2.37. The molecule has 6 nitrogen and oxygen atoms in total. The Bertz CT molecular complexity index is 395. The van der Waals surface area contributed by atoms with Crippen LogP contribution in [0.15, 0.2) is 12.1 Å². The van der Waals surface area contributed by atoms with Crippen molar-refractivity contribution in [2.45, 2.75) is 19.0 Å². The van der Waals surface area contributed by atoms with Crippen LogP contribution in [0.25, 0.3) is 0 Å². The van der Waals surface area contributed by atoms with Gasteiger partial charge in [-0.3, -0.25) is 0 Å². The third kappa shape index (κ3) is 3.75. The molecular formula is C14H23NO5. The van der Waals surface area contributed by atoms with Crippen molar-refractivity contribution in [3.05, 3.63) is 17.7 Å². The second kappa shape index (κ2) is 7.94. The van der Waals surface area contributed by atoms with Crippen LogP contribution in [-0.2, 0) is 0 Å². The van der Waals surface area contributed by atoms with E-state index in [1.54, 1.807) is 21.3 Å². The summed E-state index contributed by atoms with van der Waals surface area (Å²) >= 11 is 0. The number of hydrogen-bond donors (Lipinski definition) is 3. The summed E-state index contributed by atoms with van der Waals surface area (Å²) in [4.78, 5) is 0. The van der Waals surface area contributed by atoms with Crippen molar-refractivity contribution in [1.29, 1.82) is 0 Å². The van der Waals surface area contributed by atoms with E-state index in [2.05, 4.69) is 5.32 Å². The second-order valence-corrected chi connectivity index (χ2v) is 4.41. The lowest BCUT2D eigenvalue weighted by molar-refractivity contribution is 0.163.